The molecular formula is C16H15ClN2OS. The van der Waals surface area contributed by atoms with E-state index in [2.05, 4.69) is 22.8 Å². The lowest BCUT2D eigenvalue weighted by molar-refractivity contribution is 0.248. The molecule has 0 saturated heterocycles. The number of fused-ring (bicyclic) bond motifs is 1. The van der Waals surface area contributed by atoms with Crippen LogP contribution in [0, 0.1) is 0 Å². The third kappa shape index (κ3) is 3.52. The first-order chi connectivity index (χ1) is 10.2. The van der Waals surface area contributed by atoms with Gasteiger partial charge in [-0.15, -0.1) is 11.8 Å². The minimum absolute atomic E-state index is 0.0646. The zero-order valence-electron chi connectivity index (χ0n) is 11.3. The van der Waals surface area contributed by atoms with Gasteiger partial charge in [0.05, 0.1) is 6.04 Å². The highest BCUT2D eigenvalue weighted by Gasteiger charge is 2.21. The van der Waals surface area contributed by atoms with E-state index in [4.69, 9.17) is 11.6 Å². The number of carbonyl (C=O) groups excluding carboxylic acids is 1. The van der Waals surface area contributed by atoms with Crippen LogP contribution in [0.15, 0.2) is 53.4 Å². The lowest BCUT2D eigenvalue weighted by atomic mass is 10.0. The lowest BCUT2D eigenvalue weighted by Gasteiger charge is -2.25. The summed E-state index contributed by atoms with van der Waals surface area (Å²) in [6, 6.07) is 15.2. The van der Waals surface area contributed by atoms with Crippen LogP contribution in [0.2, 0.25) is 5.02 Å². The zero-order valence-corrected chi connectivity index (χ0v) is 12.9. The first kappa shape index (κ1) is 14.3. The van der Waals surface area contributed by atoms with Crippen LogP contribution in [-0.2, 0) is 0 Å². The van der Waals surface area contributed by atoms with Crippen molar-refractivity contribution in [3.05, 3.63) is 59.1 Å². The van der Waals surface area contributed by atoms with Gasteiger partial charge < -0.3 is 10.6 Å². The number of anilines is 1. The second-order valence-corrected chi connectivity index (χ2v) is 6.41. The minimum Gasteiger partial charge on any atom is -0.331 e. The summed E-state index contributed by atoms with van der Waals surface area (Å²) in [4.78, 5) is 13.4. The van der Waals surface area contributed by atoms with Gasteiger partial charge in [0.1, 0.15) is 0 Å². The Bertz CT molecular complexity index is 645. The summed E-state index contributed by atoms with van der Waals surface area (Å²) in [5, 5.41) is 6.53. The van der Waals surface area contributed by atoms with Crippen molar-refractivity contribution in [3.63, 3.8) is 0 Å². The van der Waals surface area contributed by atoms with Gasteiger partial charge in [0.25, 0.3) is 0 Å². The number of nitrogens with one attached hydrogen (secondary N) is 2. The van der Waals surface area contributed by atoms with Crippen molar-refractivity contribution in [2.45, 2.75) is 17.4 Å². The van der Waals surface area contributed by atoms with Gasteiger partial charge in [0.2, 0.25) is 0 Å². The predicted molar refractivity (Wildman–Crippen MR) is 88.1 cm³/mol. The molecule has 0 saturated carbocycles. The monoisotopic (exact) mass is 318 g/mol. The second kappa shape index (κ2) is 6.41. The molecule has 2 amide bonds. The average Bonchev–Trinajstić information content (AvgIpc) is 2.50. The fourth-order valence-corrected chi connectivity index (χ4v) is 3.60. The summed E-state index contributed by atoms with van der Waals surface area (Å²) in [7, 11) is 0. The Morgan fingerprint density at radius 1 is 1.14 bits per heavy atom. The third-order valence-electron chi connectivity index (χ3n) is 3.37. The van der Waals surface area contributed by atoms with E-state index < -0.39 is 0 Å². The number of benzene rings is 2. The van der Waals surface area contributed by atoms with Crippen LogP contribution >= 0.6 is 23.4 Å². The van der Waals surface area contributed by atoms with Gasteiger partial charge in [-0.3, -0.25) is 0 Å². The van der Waals surface area contributed by atoms with Gasteiger partial charge in [0, 0.05) is 21.4 Å². The van der Waals surface area contributed by atoms with Crippen LogP contribution in [0.4, 0.5) is 10.5 Å². The van der Waals surface area contributed by atoms with Gasteiger partial charge in [-0.25, -0.2) is 4.79 Å². The van der Waals surface area contributed by atoms with E-state index in [1.807, 2.05) is 23.9 Å². The van der Waals surface area contributed by atoms with E-state index in [-0.39, 0.29) is 12.1 Å². The number of urea groups is 1. The zero-order chi connectivity index (χ0) is 14.7. The molecular weight excluding hydrogens is 304 g/mol. The first-order valence-corrected chi connectivity index (χ1v) is 8.13. The Balaban J connectivity index is 1.67. The quantitative estimate of drug-likeness (QED) is 0.842. The van der Waals surface area contributed by atoms with E-state index in [0.717, 1.165) is 17.9 Å². The van der Waals surface area contributed by atoms with E-state index >= 15 is 0 Å². The standard InChI is InChI=1S/C16H15ClN2OS/c17-11-5-7-12(8-6-11)18-16(20)19-14-9-10-21-15-4-2-1-3-13(14)15/h1-8,14H,9-10H2,(H2,18,19,20). The Labute approximate surface area is 133 Å². The largest absolute Gasteiger partial charge is 0.331 e. The second-order valence-electron chi connectivity index (χ2n) is 4.83. The van der Waals surface area contributed by atoms with Gasteiger partial charge in [-0.2, -0.15) is 0 Å². The molecule has 1 aliphatic heterocycles. The molecule has 108 valence electrons. The summed E-state index contributed by atoms with van der Waals surface area (Å²) < 4.78 is 0. The molecule has 2 aromatic rings. The van der Waals surface area contributed by atoms with Crippen LogP contribution < -0.4 is 10.6 Å². The Morgan fingerprint density at radius 2 is 1.90 bits per heavy atom. The Morgan fingerprint density at radius 3 is 2.71 bits per heavy atom. The van der Waals surface area contributed by atoms with Crippen molar-refractivity contribution in [3.8, 4) is 0 Å². The molecule has 1 atom stereocenters. The SMILES string of the molecule is O=C(Nc1ccc(Cl)cc1)NC1CCSc2ccccc21. The van der Waals surface area contributed by atoms with Crippen molar-refractivity contribution in [2.24, 2.45) is 0 Å². The molecule has 0 bridgehead atoms. The van der Waals surface area contributed by atoms with E-state index in [1.165, 1.54) is 10.5 Å². The molecule has 0 radical (unpaired) electrons. The third-order valence-corrected chi connectivity index (χ3v) is 4.74. The molecule has 1 heterocycles. The summed E-state index contributed by atoms with van der Waals surface area (Å²) in [6.45, 7) is 0. The van der Waals surface area contributed by atoms with Gasteiger partial charge in [-0.05, 0) is 42.3 Å². The molecule has 0 spiro atoms. The van der Waals surface area contributed by atoms with E-state index in [9.17, 15) is 4.79 Å². The van der Waals surface area contributed by atoms with Crippen LogP contribution in [0.3, 0.4) is 0 Å². The number of carbonyl (C=O) groups is 1. The van der Waals surface area contributed by atoms with E-state index in [1.54, 1.807) is 24.3 Å². The van der Waals surface area contributed by atoms with Crippen molar-refractivity contribution >= 4 is 35.1 Å². The molecule has 0 fully saturated rings. The maximum atomic E-state index is 12.1. The molecule has 0 aliphatic carbocycles. The Hall–Kier alpha value is -1.65. The summed E-state index contributed by atoms with van der Waals surface area (Å²) in [6.07, 6.45) is 0.940. The maximum absolute atomic E-state index is 12.1. The maximum Gasteiger partial charge on any atom is 0.319 e. The number of rotatable bonds is 2. The van der Waals surface area contributed by atoms with Crippen LogP contribution in [0.5, 0.6) is 0 Å². The van der Waals surface area contributed by atoms with Gasteiger partial charge in [-0.1, -0.05) is 29.8 Å². The number of amides is 2. The molecule has 1 aliphatic rings. The molecule has 0 aromatic heterocycles. The normalized spacial score (nSPS) is 16.9. The molecule has 3 rings (SSSR count). The number of thioether (sulfide) groups is 1. The number of halogens is 1. The van der Waals surface area contributed by atoms with Crippen LogP contribution in [-0.4, -0.2) is 11.8 Å². The highest BCUT2D eigenvalue weighted by molar-refractivity contribution is 7.99. The smallest absolute Gasteiger partial charge is 0.319 e. The van der Waals surface area contributed by atoms with Gasteiger partial charge in [0.15, 0.2) is 0 Å². The highest BCUT2D eigenvalue weighted by Crippen LogP contribution is 2.35. The molecule has 21 heavy (non-hydrogen) atoms. The topological polar surface area (TPSA) is 41.1 Å². The van der Waals surface area contributed by atoms with Crippen molar-refractivity contribution in [2.75, 3.05) is 11.1 Å². The van der Waals surface area contributed by atoms with Gasteiger partial charge >= 0.3 is 6.03 Å². The highest BCUT2D eigenvalue weighted by atomic mass is 35.5. The molecule has 3 nitrogen and oxygen atoms in total. The van der Waals surface area contributed by atoms with E-state index in [0.29, 0.717) is 5.02 Å². The van der Waals surface area contributed by atoms with Crippen molar-refractivity contribution in [1.82, 2.24) is 5.32 Å². The summed E-state index contributed by atoms with van der Waals surface area (Å²) >= 11 is 7.67. The minimum atomic E-state index is -0.191. The molecule has 2 aromatic carbocycles. The first-order valence-electron chi connectivity index (χ1n) is 6.77. The summed E-state index contributed by atoms with van der Waals surface area (Å²) in [5.41, 5.74) is 1.93. The molecule has 5 heteroatoms. The number of hydrogen-bond donors (Lipinski definition) is 2. The Kier molecular flexibility index (Phi) is 4.36. The number of hydrogen-bond acceptors (Lipinski definition) is 2. The summed E-state index contributed by atoms with van der Waals surface area (Å²) in [5.74, 6) is 1.02. The van der Waals surface area contributed by atoms with Crippen molar-refractivity contribution in [1.29, 1.82) is 0 Å². The predicted octanol–water partition coefficient (Wildman–Crippen LogP) is 4.70. The fourth-order valence-electron chi connectivity index (χ4n) is 2.35. The average molecular weight is 319 g/mol. The fraction of sp³-hybridized carbons (Fsp3) is 0.188. The van der Waals surface area contributed by atoms with Crippen LogP contribution in [0.1, 0.15) is 18.0 Å². The lowest BCUT2D eigenvalue weighted by Crippen LogP contribution is -2.34. The molecule has 1 unspecified atom stereocenters. The van der Waals surface area contributed by atoms with Crippen LogP contribution in [0.25, 0.3) is 0 Å². The van der Waals surface area contributed by atoms with Crippen molar-refractivity contribution < 1.29 is 4.79 Å². The molecule has 2 N–H and O–H groups in total.